The normalized spacial score (nSPS) is 11.4. The van der Waals surface area contributed by atoms with E-state index in [0.717, 1.165) is 33.5 Å². The molecule has 0 saturated carbocycles. The molecule has 4 rings (SSSR count). The average molecular weight is 245 g/mol. The van der Waals surface area contributed by atoms with E-state index in [1.54, 1.807) is 6.20 Å². The molecule has 0 aliphatic rings. The summed E-state index contributed by atoms with van der Waals surface area (Å²) >= 11 is 0. The summed E-state index contributed by atoms with van der Waals surface area (Å²) in [6, 6.07) is 16.5. The highest BCUT2D eigenvalue weighted by atomic mass is 16.1. The molecule has 0 atom stereocenters. The maximum atomic E-state index is 11.2. The summed E-state index contributed by atoms with van der Waals surface area (Å²) in [6.45, 7) is 0. The highest BCUT2D eigenvalue weighted by Gasteiger charge is 2.11. The third-order valence-electron chi connectivity index (χ3n) is 3.72. The van der Waals surface area contributed by atoms with E-state index in [4.69, 9.17) is 0 Å². The molecule has 0 saturated heterocycles. The third-order valence-corrected chi connectivity index (χ3v) is 3.72. The zero-order valence-corrected chi connectivity index (χ0v) is 10.2. The molecule has 90 valence electrons. The Hall–Kier alpha value is -2.61. The summed E-state index contributed by atoms with van der Waals surface area (Å²) in [4.78, 5) is 14.5. The summed E-state index contributed by atoms with van der Waals surface area (Å²) in [5.41, 5.74) is 1.76. The van der Waals surface area contributed by atoms with Crippen molar-refractivity contribution in [1.29, 1.82) is 0 Å². The number of carbonyl (C=O) groups excluding carboxylic acids is 1. The number of aromatic amines is 1. The van der Waals surface area contributed by atoms with Crippen LogP contribution in [0.15, 0.2) is 54.7 Å². The standard InChI is InChI=1S/C17H11NO/c19-10-11-9-18-17-15-8-4-2-6-13(15)12-5-1-3-7-14(12)16(11)17/h1-10,18H. The van der Waals surface area contributed by atoms with Crippen molar-refractivity contribution in [2.24, 2.45) is 0 Å². The van der Waals surface area contributed by atoms with Crippen LogP contribution in [0, 0.1) is 0 Å². The van der Waals surface area contributed by atoms with Gasteiger partial charge in [0.05, 0.1) is 5.52 Å². The average Bonchev–Trinajstić information content (AvgIpc) is 2.92. The Morgan fingerprint density at radius 1 is 0.789 bits per heavy atom. The summed E-state index contributed by atoms with van der Waals surface area (Å²) in [6.07, 6.45) is 2.70. The first-order valence-corrected chi connectivity index (χ1v) is 6.26. The van der Waals surface area contributed by atoms with E-state index in [1.807, 2.05) is 24.3 Å². The molecule has 2 nitrogen and oxygen atoms in total. The quantitative estimate of drug-likeness (QED) is 0.394. The van der Waals surface area contributed by atoms with Crippen molar-refractivity contribution in [3.05, 3.63) is 60.3 Å². The minimum Gasteiger partial charge on any atom is -0.360 e. The lowest BCUT2D eigenvalue weighted by Crippen LogP contribution is -1.82. The molecule has 4 aromatic rings. The predicted molar refractivity (Wildman–Crippen MR) is 78.7 cm³/mol. The Morgan fingerprint density at radius 3 is 2.05 bits per heavy atom. The van der Waals surface area contributed by atoms with Gasteiger partial charge < -0.3 is 4.98 Å². The maximum absolute atomic E-state index is 11.2. The van der Waals surface area contributed by atoms with Crippen molar-refractivity contribution in [3.8, 4) is 0 Å². The Balaban J connectivity index is 2.45. The molecule has 0 radical (unpaired) electrons. The van der Waals surface area contributed by atoms with Gasteiger partial charge >= 0.3 is 0 Å². The summed E-state index contributed by atoms with van der Waals surface area (Å²) in [7, 11) is 0. The SMILES string of the molecule is O=Cc1c[nH]c2c3ccccc3c3ccccc3c12. The number of aldehydes is 1. The zero-order chi connectivity index (χ0) is 12.8. The van der Waals surface area contributed by atoms with Crippen LogP contribution in [0.2, 0.25) is 0 Å². The number of fused-ring (bicyclic) bond motifs is 6. The molecule has 1 aromatic heterocycles. The molecule has 0 spiro atoms. The van der Waals surface area contributed by atoms with E-state index in [9.17, 15) is 4.79 Å². The minimum absolute atomic E-state index is 0.719. The molecular weight excluding hydrogens is 234 g/mol. The number of benzene rings is 3. The molecule has 0 amide bonds. The first-order chi connectivity index (χ1) is 9.40. The Labute approximate surface area is 109 Å². The minimum atomic E-state index is 0.719. The lowest BCUT2D eigenvalue weighted by atomic mass is 9.97. The van der Waals surface area contributed by atoms with Gasteiger partial charge in [0.2, 0.25) is 0 Å². The molecule has 19 heavy (non-hydrogen) atoms. The van der Waals surface area contributed by atoms with Crippen LogP contribution in [0.3, 0.4) is 0 Å². The van der Waals surface area contributed by atoms with Gasteiger partial charge in [-0.25, -0.2) is 0 Å². The van der Waals surface area contributed by atoms with Gasteiger partial charge in [-0.1, -0.05) is 48.5 Å². The first kappa shape index (κ1) is 10.3. The summed E-state index contributed by atoms with van der Waals surface area (Å²) in [5, 5.41) is 5.70. The molecule has 0 aliphatic heterocycles. The van der Waals surface area contributed by atoms with Crippen LogP contribution < -0.4 is 0 Å². The fourth-order valence-electron chi connectivity index (χ4n) is 2.91. The van der Waals surface area contributed by atoms with E-state index in [1.165, 1.54) is 10.8 Å². The van der Waals surface area contributed by atoms with Crippen molar-refractivity contribution < 1.29 is 4.79 Å². The molecule has 0 unspecified atom stereocenters. The van der Waals surface area contributed by atoms with Crippen molar-refractivity contribution in [2.45, 2.75) is 0 Å². The largest absolute Gasteiger partial charge is 0.360 e. The third kappa shape index (κ3) is 1.28. The second kappa shape index (κ2) is 3.69. The number of H-pyrrole nitrogens is 1. The van der Waals surface area contributed by atoms with Gasteiger partial charge in [-0.3, -0.25) is 4.79 Å². The first-order valence-electron chi connectivity index (χ1n) is 6.26. The Kier molecular flexibility index (Phi) is 2.00. The molecule has 1 heterocycles. The van der Waals surface area contributed by atoms with Crippen LogP contribution in [0.4, 0.5) is 0 Å². The topological polar surface area (TPSA) is 32.9 Å². The van der Waals surface area contributed by atoms with Crippen molar-refractivity contribution in [3.63, 3.8) is 0 Å². The van der Waals surface area contributed by atoms with Gasteiger partial charge in [-0.15, -0.1) is 0 Å². The van der Waals surface area contributed by atoms with Gasteiger partial charge in [-0.05, 0) is 16.2 Å². The highest BCUT2D eigenvalue weighted by Crippen LogP contribution is 2.35. The summed E-state index contributed by atoms with van der Waals surface area (Å²) < 4.78 is 0. The van der Waals surface area contributed by atoms with E-state index in [0.29, 0.717) is 0 Å². The number of hydrogen-bond acceptors (Lipinski definition) is 1. The molecule has 0 aliphatic carbocycles. The number of rotatable bonds is 1. The van der Waals surface area contributed by atoms with Gasteiger partial charge in [0.25, 0.3) is 0 Å². The van der Waals surface area contributed by atoms with Crippen LogP contribution in [-0.4, -0.2) is 11.3 Å². The predicted octanol–water partition coefficient (Wildman–Crippen LogP) is 4.29. The molecule has 0 bridgehead atoms. The number of hydrogen-bond donors (Lipinski definition) is 1. The van der Waals surface area contributed by atoms with Gasteiger partial charge in [-0.2, -0.15) is 0 Å². The lowest BCUT2D eigenvalue weighted by molar-refractivity contribution is 0.112. The van der Waals surface area contributed by atoms with Crippen LogP contribution >= 0.6 is 0 Å². The van der Waals surface area contributed by atoms with Crippen LogP contribution in [0.1, 0.15) is 10.4 Å². The molecule has 1 N–H and O–H groups in total. The number of nitrogens with one attached hydrogen (secondary N) is 1. The smallest absolute Gasteiger partial charge is 0.152 e. The van der Waals surface area contributed by atoms with E-state index < -0.39 is 0 Å². The summed E-state index contributed by atoms with van der Waals surface area (Å²) in [5.74, 6) is 0. The number of carbonyl (C=O) groups is 1. The number of aromatic nitrogens is 1. The lowest BCUT2D eigenvalue weighted by Gasteiger charge is -2.07. The molecular formula is C17H11NO. The zero-order valence-electron chi connectivity index (χ0n) is 10.2. The Bertz CT molecular complexity index is 934. The van der Waals surface area contributed by atoms with Crippen LogP contribution in [0.5, 0.6) is 0 Å². The van der Waals surface area contributed by atoms with Gasteiger partial charge in [0.1, 0.15) is 0 Å². The fourth-order valence-corrected chi connectivity index (χ4v) is 2.91. The van der Waals surface area contributed by atoms with Gasteiger partial charge in [0, 0.05) is 22.5 Å². The van der Waals surface area contributed by atoms with E-state index >= 15 is 0 Å². The molecule has 2 heteroatoms. The van der Waals surface area contributed by atoms with Crippen LogP contribution in [-0.2, 0) is 0 Å². The van der Waals surface area contributed by atoms with E-state index in [-0.39, 0.29) is 0 Å². The van der Waals surface area contributed by atoms with Crippen molar-refractivity contribution >= 4 is 38.7 Å². The molecule has 3 aromatic carbocycles. The maximum Gasteiger partial charge on any atom is 0.152 e. The fraction of sp³-hybridized carbons (Fsp3) is 0. The van der Waals surface area contributed by atoms with E-state index in [2.05, 4.69) is 29.2 Å². The second-order valence-electron chi connectivity index (χ2n) is 4.70. The van der Waals surface area contributed by atoms with Gasteiger partial charge in [0.15, 0.2) is 6.29 Å². The molecule has 0 fully saturated rings. The van der Waals surface area contributed by atoms with Crippen molar-refractivity contribution in [2.75, 3.05) is 0 Å². The van der Waals surface area contributed by atoms with Crippen LogP contribution in [0.25, 0.3) is 32.4 Å². The Morgan fingerprint density at radius 2 is 1.37 bits per heavy atom. The van der Waals surface area contributed by atoms with Crippen molar-refractivity contribution in [1.82, 2.24) is 4.98 Å². The second-order valence-corrected chi connectivity index (χ2v) is 4.70. The highest BCUT2D eigenvalue weighted by molar-refractivity contribution is 6.27. The monoisotopic (exact) mass is 245 g/mol.